The third-order valence-corrected chi connectivity index (χ3v) is 3.22. The number of hydrazine groups is 1. The van der Waals surface area contributed by atoms with Crippen LogP contribution in [-0.2, 0) is 0 Å². The van der Waals surface area contributed by atoms with Crippen LogP contribution in [0.1, 0.15) is 23.0 Å². The van der Waals surface area contributed by atoms with Gasteiger partial charge in [0.2, 0.25) is 0 Å². The molecule has 0 radical (unpaired) electrons. The molecule has 1 unspecified atom stereocenters. The van der Waals surface area contributed by atoms with Gasteiger partial charge in [0.05, 0.1) is 11.7 Å². The fourth-order valence-electron chi connectivity index (χ4n) is 1.80. The standard InChI is InChI=1S/C13H13Cl2N3/c1-8-3-2-4-12(17-8)13(18-16)10-7-9(14)5-6-11(10)15/h2-7,13,18H,16H2,1H3. The van der Waals surface area contributed by atoms with Gasteiger partial charge in [0.1, 0.15) is 0 Å². The van der Waals surface area contributed by atoms with E-state index < -0.39 is 0 Å². The fraction of sp³-hybridized carbons (Fsp3) is 0.154. The van der Waals surface area contributed by atoms with Crippen LogP contribution in [0.4, 0.5) is 0 Å². The van der Waals surface area contributed by atoms with Crippen LogP contribution >= 0.6 is 23.2 Å². The molecule has 0 aliphatic carbocycles. The topological polar surface area (TPSA) is 50.9 Å². The lowest BCUT2D eigenvalue weighted by Gasteiger charge is -2.18. The van der Waals surface area contributed by atoms with E-state index in [1.54, 1.807) is 18.2 Å². The first kappa shape index (κ1) is 13.3. The molecule has 0 aliphatic rings. The molecule has 1 atom stereocenters. The molecule has 1 heterocycles. The highest BCUT2D eigenvalue weighted by Crippen LogP contribution is 2.29. The molecule has 0 bridgehead atoms. The maximum atomic E-state index is 6.18. The number of aromatic nitrogens is 1. The first-order valence-electron chi connectivity index (χ1n) is 5.46. The minimum Gasteiger partial charge on any atom is -0.271 e. The van der Waals surface area contributed by atoms with Crippen LogP contribution in [0, 0.1) is 6.92 Å². The number of hydrogen-bond acceptors (Lipinski definition) is 3. The van der Waals surface area contributed by atoms with E-state index in [0.29, 0.717) is 10.0 Å². The molecule has 0 saturated carbocycles. The van der Waals surface area contributed by atoms with Crippen molar-refractivity contribution in [1.29, 1.82) is 0 Å². The minimum absolute atomic E-state index is 0.281. The van der Waals surface area contributed by atoms with Crippen molar-refractivity contribution in [2.24, 2.45) is 5.84 Å². The largest absolute Gasteiger partial charge is 0.271 e. The van der Waals surface area contributed by atoms with Crippen LogP contribution in [0.15, 0.2) is 36.4 Å². The normalized spacial score (nSPS) is 12.4. The number of aryl methyl sites for hydroxylation is 1. The van der Waals surface area contributed by atoms with E-state index in [0.717, 1.165) is 17.0 Å². The number of halogens is 2. The Labute approximate surface area is 116 Å². The summed E-state index contributed by atoms with van der Waals surface area (Å²) in [6.07, 6.45) is 0. The Morgan fingerprint density at radius 3 is 2.67 bits per heavy atom. The van der Waals surface area contributed by atoms with Gasteiger partial charge in [-0.15, -0.1) is 0 Å². The van der Waals surface area contributed by atoms with Crippen molar-refractivity contribution < 1.29 is 0 Å². The number of hydrogen-bond donors (Lipinski definition) is 2. The van der Waals surface area contributed by atoms with Gasteiger partial charge < -0.3 is 0 Å². The summed E-state index contributed by atoms with van der Waals surface area (Å²) in [5.41, 5.74) is 5.26. The van der Waals surface area contributed by atoms with Gasteiger partial charge >= 0.3 is 0 Å². The maximum Gasteiger partial charge on any atom is 0.0896 e. The van der Waals surface area contributed by atoms with Crippen molar-refractivity contribution >= 4 is 23.2 Å². The summed E-state index contributed by atoms with van der Waals surface area (Å²) in [4.78, 5) is 4.45. The number of nitrogens with one attached hydrogen (secondary N) is 1. The molecule has 2 rings (SSSR count). The Kier molecular flexibility index (Phi) is 4.19. The lowest BCUT2D eigenvalue weighted by Crippen LogP contribution is -2.29. The highest BCUT2D eigenvalue weighted by molar-refractivity contribution is 6.33. The van der Waals surface area contributed by atoms with Gasteiger partial charge in [-0.1, -0.05) is 29.3 Å². The second-order valence-corrected chi connectivity index (χ2v) is 4.81. The van der Waals surface area contributed by atoms with E-state index in [2.05, 4.69) is 10.4 Å². The number of nitrogens with two attached hydrogens (primary N) is 1. The molecule has 2 aromatic rings. The zero-order chi connectivity index (χ0) is 13.1. The van der Waals surface area contributed by atoms with Crippen molar-refractivity contribution in [2.75, 3.05) is 0 Å². The predicted octanol–water partition coefficient (Wildman–Crippen LogP) is 3.25. The van der Waals surface area contributed by atoms with Crippen LogP contribution < -0.4 is 11.3 Å². The number of rotatable bonds is 3. The summed E-state index contributed by atoms with van der Waals surface area (Å²) in [5, 5.41) is 1.22. The van der Waals surface area contributed by atoms with E-state index in [-0.39, 0.29) is 6.04 Å². The van der Waals surface area contributed by atoms with Crippen LogP contribution in [0.5, 0.6) is 0 Å². The second-order valence-electron chi connectivity index (χ2n) is 3.97. The Bertz CT molecular complexity index is 558. The maximum absolute atomic E-state index is 6.18. The fourth-order valence-corrected chi connectivity index (χ4v) is 2.20. The average molecular weight is 282 g/mol. The predicted molar refractivity (Wildman–Crippen MR) is 74.6 cm³/mol. The molecule has 0 spiro atoms. The van der Waals surface area contributed by atoms with Gasteiger partial charge in [-0.2, -0.15) is 0 Å². The van der Waals surface area contributed by atoms with Crippen LogP contribution in [-0.4, -0.2) is 4.98 Å². The molecular weight excluding hydrogens is 269 g/mol. The van der Waals surface area contributed by atoms with Gasteiger partial charge in [0.25, 0.3) is 0 Å². The summed E-state index contributed by atoms with van der Waals surface area (Å²) in [6.45, 7) is 1.93. The average Bonchev–Trinajstić information content (AvgIpc) is 2.35. The van der Waals surface area contributed by atoms with Gasteiger partial charge in [0, 0.05) is 15.7 Å². The minimum atomic E-state index is -0.281. The highest BCUT2D eigenvalue weighted by Gasteiger charge is 2.17. The van der Waals surface area contributed by atoms with Crippen LogP contribution in [0.2, 0.25) is 10.0 Å². The molecule has 94 valence electrons. The molecule has 5 heteroatoms. The third kappa shape index (κ3) is 2.82. The molecule has 1 aromatic carbocycles. The molecule has 0 saturated heterocycles. The van der Waals surface area contributed by atoms with Gasteiger partial charge in [-0.25, -0.2) is 5.43 Å². The first-order valence-corrected chi connectivity index (χ1v) is 6.22. The summed E-state index contributed by atoms with van der Waals surface area (Å²) >= 11 is 12.2. The van der Waals surface area contributed by atoms with Crippen molar-refractivity contribution in [3.05, 3.63) is 63.4 Å². The van der Waals surface area contributed by atoms with Crippen LogP contribution in [0.3, 0.4) is 0 Å². The monoisotopic (exact) mass is 281 g/mol. The number of pyridine rings is 1. The summed E-state index contributed by atoms with van der Waals surface area (Å²) in [6, 6.07) is 10.8. The molecule has 1 aromatic heterocycles. The van der Waals surface area contributed by atoms with Crippen molar-refractivity contribution in [3.63, 3.8) is 0 Å². The van der Waals surface area contributed by atoms with E-state index >= 15 is 0 Å². The second kappa shape index (κ2) is 5.67. The quantitative estimate of drug-likeness (QED) is 0.671. The number of nitrogens with zero attached hydrogens (tertiary/aromatic N) is 1. The molecule has 18 heavy (non-hydrogen) atoms. The zero-order valence-corrected chi connectivity index (χ0v) is 11.3. The third-order valence-electron chi connectivity index (χ3n) is 2.64. The van der Waals surface area contributed by atoms with Gasteiger partial charge in [0.15, 0.2) is 0 Å². The van der Waals surface area contributed by atoms with Crippen molar-refractivity contribution in [3.8, 4) is 0 Å². The molecule has 3 nitrogen and oxygen atoms in total. The smallest absolute Gasteiger partial charge is 0.0896 e. The van der Waals surface area contributed by atoms with Crippen molar-refractivity contribution in [1.82, 2.24) is 10.4 Å². The van der Waals surface area contributed by atoms with Gasteiger partial charge in [-0.05, 0) is 42.8 Å². The lowest BCUT2D eigenvalue weighted by molar-refractivity contribution is 0.619. The summed E-state index contributed by atoms with van der Waals surface area (Å²) < 4.78 is 0. The van der Waals surface area contributed by atoms with E-state index in [1.165, 1.54) is 0 Å². The Morgan fingerprint density at radius 1 is 1.22 bits per heavy atom. The number of benzene rings is 1. The Hall–Kier alpha value is -1.13. The molecule has 3 N–H and O–H groups in total. The Balaban J connectivity index is 2.48. The summed E-state index contributed by atoms with van der Waals surface area (Å²) in [7, 11) is 0. The lowest BCUT2D eigenvalue weighted by atomic mass is 10.0. The van der Waals surface area contributed by atoms with Crippen LogP contribution in [0.25, 0.3) is 0 Å². The first-order chi connectivity index (χ1) is 8.61. The zero-order valence-electron chi connectivity index (χ0n) is 9.82. The van der Waals surface area contributed by atoms with Crippen molar-refractivity contribution in [2.45, 2.75) is 13.0 Å². The van der Waals surface area contributed by atoms with E-state index in [1.807, 2.05) is 25.1 Å². The highest BCUT2D eigenvalue weighted by atomic mass is 35.5. The Morgan fingerprint density at radius 2 is 2.00 bits per heavy atom. The van der Waals surface area contributed by atoms with E-state index in [4.69, 9.17) is 29.0 Å². The summed E-state index contributed by atoms with van der Waals surface area (Å²) in [5.74, 6) is 5.61. The van der Waals surface area contributed by atoms with Gasteiger partial charge in [-0.3, -0.25) is 10.8 Å². The van der Waals surface area contributed by atoms with E-state index in [9.17, 15) is 0 Å². The molecular formula is C13H13Cl2N3. The SMILES string of the molecule is Cc1cccc(C(NN)c2cc(Cl)ccc2Cl)n1. The molecule has 0 aliphatic heterocycles. The molecule has 0 fully saturated rings. The molecule has 0 amide bonds.